The van der Waals surface area contributed by atoms with E-state index in [1.165, 1.54) is 0 Å². The van der Waals surface area contributed by atoms with Crippen LogP contribution in [0.2, 0.25) is 0 Å². The summed E-state index contributed by atoms with van der Waals surface area (Å²) in [6.07, 6.45) is 4.88. The summed E-state index contributed by atoms with van der Waals surface area (Å²) < 4.78 is 1.87. The van der Waals surface area contributed by atoms with Gasteiger partial charge in [0, 0.05) is 36.0 Å². The van der Waals surface area contributed by atoms with Crippen molar-refractivity contribution >= 4 is 16.9 Å². The Morgan fingerprint density at radius 1 is 1.32 bits per heavy atom. The lowest BCUT2D eigenvalue weighted by molar-refractivity contribution is 0.0952. The molecule has 0 spiro atoms. The Labute approximate surface area is 163 Å². The van der Waals surface area contributed by atoms with Gasteiger partial charge in [-0.15, -0.1) is 0 Å². The summed E-state index contributed by atoms with van der Waals surface area (Å²) in [5, 5.41) is 8.09. The number of H-pyrrole nitrogens is 1. The van der Waals surface area contributed by atoms with Crippen molar-refractivity contribution in [3.63, 3.8) is 0 Å². The van der Waals surface area contributed by atoms with Gasteiger partial charge in [-0.05, 0) is 50.8 Å². The lowest BCUT2D eigenvalue weighted by Crippen LogP contribution is -2.28. The van der Waals surface area contributed by atoms with Crippen LogP contribution in [0.5, 0.6) is 0 Å². The molecule has 0 aliphatic heterocycles. The van der Waals surface area contributed by atoms with Gasteiger partial charge in [-0.2, -0.15) is 5.10 Å². The molecule has 146 valence electrons. The van der Waals surface area contributed by atoms with Crippen molar-refractivity contribution in [2.24, 2.45) is 0 Å². The molecule has 4 rings (SSSR count). The van der Waals surface area contributed by atoms with Gasteiger partial charge in [-0.3, -0.25) is 9.59 Å². The summed E-state index contributed by atoms with van der Waals surface area (Å²) in [6, 6.07) is 3.80. The number of rotatable bonds is 6. The van der Waals surface area contributed by atoms with E-state index in [1.54, 1.807) is 6.20 Å². The van der Waals surface area contributed by atoms with Crippen molar-refractivity contribution in [1.29, 1.82) is 0 Å². The number of aromatic nitrogens is 4. The Morgan fingerprint density at radius 3 is 2.79 bits per heavy atom. The predicted molar refractivity (Wildman–Crippen MR) is 108 cm³/mol. The number of pyridine rings is 2. The summed E-state index contributed by atoms with van der Waals surface area (Å²) in [5.41, 5.74) is 4.40. The maximum absolute atomic E-state index is 13.0. The van der Waals surface area contributed by atoms with Crippen LogP contribution in [0.15, 0.2) is 23.1 Å². The fourth-order valence-electron chi connectivity index (χ4n) is 3.58. The van der Waals surface area contributed by atoms with Gasteiger partial charge in [0.05, 0.1) is 17.1 Å². The SMILES string of the molecule is CCCn1ncc2c(C(=O)NCc3c(C)cc(C)[nH]c3=O)cc(C3CC3)nc21. The third kappa shape index (κ3) is 3.44. The quantitative estimate of drug-likeness (QED) is 0.689. The second-order valence-corrected chi connectivity index (χ2v) is 7.60. The molecule has 0 atom stereocenters. The molecule has 0 unspecified atom stereocenters. The van der Waals surface area contributed by atoms with Crippen LogP contribution < -0.4 is 10.9 Å². The molecule has 3 heterocycles. The maximum atomic E-state index is 13.0. The molecule has 1 saturated carbocycles. The Morgan fingerprint density at radius 2 is 2.11 bits per heavy atom. The molecule has 3 aromatic heterocycles. The van der Waals surface area contributed by atoms with E-state index in [9.17, 15) is 9.59 Å². The van der Waals surface area contributed by atoms with Gasteiger partial charge in [-0.25, -0.2) is 9.67 Å². The highest BCUT2D eigenvalue weighted by molar-refractivity contribution is 6.05. The fourth-order valence-corrected chi connectivity index (χ4v) is 3.58. The number of nitrogens with one attached hydrogen (secondary N) is 2. The molecule has 1 aliphatic rings. The molecule has 0 bridgehead atoms. The van der Waals surface area contributed by atoms with Crippen molar-refractivity contribution in [3.8, 4) is 0 Å². The van der Waals surface area contributed by atoms with E-state index in [0.717, 1.165) is 53.8 Å². The maximum Gasteiger partial charge on any atom is 0.253 e. The van der Waals surface area contributed by atoms with Crippen LogP contribution in [0.3, 0.4) is 0 Å². The fraction of sp³-hybridized carbons (Fsp3) is 0.429. The van der Waals surface area contributed by atoms with Crippen LogP contribution in [-0.4, -0.2) is 25.7 Å². The monoisotopic (exact) mass is 379 g/mol. The van der Waals surface area contributed by atoms with Gasteiger partial charge in [-0.1, -0.05) is 6.92 Å². The zero-order valence-corrected chi connectivity index (χ0v) is 16.5. The Kier molecular flexibility index (Phi) is 4.75. The van der Waals surface area contributed by atoms with E-state index in [1.807, 2.05) is 30.7 Å². The Bertz CT molecular complexity index is 1110. The molecule has 0 saturated heterocycles. The van der Waals surface area contributed by atoms with Crippen molar-refractivity contribution in [2.45, 2.75) is 59.0 Å². The standard InChI is InChI=1S/C21H25N5O2/c1-4-7-26-19-17(11-23-26)15(9-18(25-19)14-5-6-14)20(27)22-10-16-12(2)8-13(3)24-21(16)28/h8-9,11,14H,4-7,10H2,1-3H3,(H,22,27)(H,24,28). The minimum atomic E-state index is -0.204. The Balaban J connectivity index is 1.66. The second-order valence-electron chi connectivity index (χ2n) is 7.60. The molecular weight excluding hydrogens is 354 g/mol. The molecule has 7 nitrogen and oxygen atoms in total. The van der Waals surface area contributed by atoms with E-state index in [4.69, 9.17) is 4.98 Å². The molecule has 1 amide bonds. The number of hydrogen-bond donors (Lipinski definition) is 2. The number of carbonyl (C=O) groups is 1. The Hall–Kier alpha value is -2.96. The zero-order chi connectivity index (χ0) is 19.8. The first-order valence-corrected chi connectivity index (χ1v) is 9.82. The van der Waals surface area contributed by atoms with Crippen LogP contribution in [0, 0.1) is 13.8 Å². The molecule has 1 fully saturated rings. The summed E-state index contributed by atoms with van der Waals surface area (Å²) >= 11 is 0. The van der Waals surface area contributed by atoms with Gasteiger partial charge >= 0.3 is 0 Å². The zero-order valence-electron chi connectivity index (χ0n) is 16.5. The predicted octanol–water partition coefficient (Wildman–Crippen LogP) is 2.95. The third-order valence-electron chi connectivity index (χ3n) is 5.22. The summed E-state index contributed by atoms with van der Waals surface area (Å²) in [7, 11) is 0. The van der Waals surface area contributed by atoms with Crippen molar-refractivity contribution in [1.82, 2.24) is 25.1 Å². The average molecular weight is 379 g/mol. The number of hydrogen-bond acceptors (Lipinski definition) is 4. The van der Waals surface area contributed by atoms with Crippen LogP contribution in [0.25, 0.3) is 11.0 Å². The topological polar surface area (TPSA) is 92.7 Å². The first-order chi connectivity index (χ1) is 13.5. The van der Waals surface area contributed by atoms with E-state index in [2.05, 4.69) is 22.3 Å². The van der Waals surface area contributed by atoms with E-state index < -0.39 is 0 Å². The van der Waals surface area contributed by atoms with Gasteiger partial charge in [0.25, 0.3) is 11.5 Å². The molecule has 0 radical (unpaired) electrons. The first-order valence-electron chi connectivity index (χ1n) is 9.82. The minimum absolute atomic E-state index is 0.160. The van der Waals surface area contributed by atoms with Gasteiger partial charge in [0.15, 0.2) is 5.65 Å². The number of nitrogens with zero attached hydrogens (tertiary/aromatic N) is 3. The number of aryl methyl sites for hydroxylation is 3. The largest absolute Gasteiger partial charge is 0.348 e. The summed E-state index contributed by atoms with van der Waals surface area (Å²) in [5.74, 6) is 0.229. The van der Waals surface area contributed by atoms with Crippen LogP contribution in [-0.2, 0) is 13.1 Å². The molecule has 2 N–H and O–H groups in total. The summed E-state index contributed by atoms with van der Waals surface area (Å²) in [6.45, 7) is 6.77. The summed E-state index contributed by atoms with van der Waals surface area (Å²) in [4.78, 5) is 32.8. The van der Waals surface area contributed by atoms with Crippen molar-refractivity contribution in [2.75, 3.05) is 0 Å². The lowest BCUT2D eigenvalue weighted by Gasteiger charge is -2.10. The molecule has 7 heteroatoms. The van der Waals surface area contributed by atoms with Gasteiger partial charge in [0.1, 0.15) is 0 Å². The second kappa shape index (κ2) is 7.22. The number of amides is 1. The minimum Gasteiger partial charge on any atom is -0.348 e. The van der Waals surface area contributed by atoms with E-state index >= 15 is 0 Å². The number of fused-ring (bicyclic) bond motifs is 1. The smallest absolute Gasteiger partial charge is 0.253 e. The normalized spacial score (nSPS) is 13.8. The first kappa shape index (κ1) is 18.4. The lowest BCUT2D eigenvalue weighted by atomic mass is 10.1. The van der Waals surface area contributed by atoms with E-state index in [0.29, 0.717) is 17.0 Å². The highest BCUT2D eigenvalue weighted by Crippen LogP contribution is 2.40. The highest BCUT2D eigenvalue weighted by Gasteiger charge is 2.28. The molecule has 3 aromatic rings. The van der Waals surface area contributed by atoms with Gasteiger partial charge in [0.2, 0.25) is 0 Å². The number of carbonyl (C=O) groups excluding carboxylic acids is 1. The third-order valence-corrected chi connectivity index (χ3v) is 5.22. The number of aromatic amines is 1. The van der Waals surface area contributed by atoms with Crippen LogP contribution in [0.1, 0.15) is 65.0 Å². The van der Waals surface area contributed by atoms with E-state index in [-0.39, 0.29) is 18.0 Å². The molecule has 0 aromatic carbocycles. The van der Waals surface area contributed by atoms with Crippen LogP contribution >= 0.6 is 0 Å². The van der Waals surface area contributed by atoms with Gasteiger partial charge < -0.3 is 10.3 Å². The van der Waals surface area contributed by atoms with Crippen LogP contribution in [0.4, 0.5) is 0 Å². The van der Waals surface area contributed by atoms with Crippen molar-refractivity contribution in [3.05, 3.63) is 56.8 Å². The highest BCUT2D eigenvalue weighted by atomic mass is 16.1. The molecule has 28 heavy (non-hydrogen) atoms. The van der Waals surface area contributed by atoms with Crippen molar-refractivity contribution < 1.29 is 4.79 Å². The molecule has 1 aliphatic carbocycles. The molecular formula is C21H25N5O2. The average Bonchev–Trinajstić information content (AvgIpc) is 3.42.